The minimum Gasteiger partial charge on any atom is -0.472 e. The zero-order valence-corrected chi connectivity index (χ0v) is 13.0. The lowest BCUT2D eigenvalue weighted by atomic mass is 9.90. The summed E-state index contributed by atoms with van der Waals surface area (Å²) in [5.41, 5.74) is 1.75. The van der Waals surface area contributed by atoms with Crippen molar-refractivity contribution in [2.45, 2.75) is 52.1 Å². The largest absolute Gasteiger partial charge is 0.472 e. The summed E-state index contributed by atoms with van der Waals surface area (Å²) >= 11 is 0. The lowest BCUT2D eigenvalue weighted by Crippen LogP contribution is -2.29. The van der Waals surface area contributed by atoms with Gasteiger partial charge in [-0.05, 0) is 50.7 Å². The Morgan fingerprint density at radius 1 is 1.32 bits per heavy atom. The Morgan fingerprint density at radius 3 is 2.68 bits per heavy atom. The fraction of sp³-hybridized carbons (Fsp3) is 0.562. The number of aryl methyl sites for hydroxylation is 1. The van der Waals surface area contributed by atoms with Gasteiger partial charge in [-0.2, -0.15) is 0 Å². The van der Waals surface area contributed by atoms with Crippen molar-refractivity contribution in [3.8, 4) is 5.75 Å². The molecule has 1 unspecified atom stereocenters. The first-order valence-corrected chi connectivity index (χ1v) is 7.70. The predicted octanol–water partition coefficient (Wildman–Crippen LogP) is 3.19. The van der Waals surface area contributed by atoms with E-state index in [9.17, 15) is 14.9 Å². The van der Waals surface area contributed by atoms with Gasteiger partial charge in [0.05, 0.1) is 11.5 Å². The SMILES string of the molecule is CCOC(=O)C(CC)Oc1ccc2c(c1[N+](=O)[O-])CCCC2. The molecule has 22 heavy (non-hydrogen) atoms. The maximum absolute atomic E-state index is 11.8. The Morgan fingerprint density at radius 2 is 2.05 bits per heavy atom. The summed E-state index contributed by atoms with van der Waals surface area (Å²) in [7, 11) is 0. The van der Waals surface area contributed by atoms with Crippen molar-refractivity contribution < 1.29 is 19.2 Å². The molecule has 6 heteroatoms. The number of carbonyl (C=O) groups excluding carboxylic acids is 1. The normalized spacial score (nSPS) is 14.8. The number of rotatable bonds is 6. The van der Waals surface area contributed by atoms with Crippen LogP contribution in [0, 0.1) is 10.1 Å². The summed E-state index contributed by atoms with van der Waals surface area (Å²) < 4.78 is 10.6. The van der Waals surface area contributed by atoms with Crippen LogP contribution in [0.25, 0.3) is 0 Å². The van der Waals surface area contributed by atoms with Crippen molar-refractivity contribution in [3.05, 3.63) is 33.4 Å². The van der Waals surface area contributed by atoms with Crippen LogP contribution in [0.3, 0.4) is 0 Å². The van der Waals surface area contributed by atoms with Crippen LogP contribution in [-0.4, -0.2) is 23.6 Å². The lowest BCUT2D eigenvalue weighted by Gasteiger charge is -2.20. The number of hydrogen-bond donors (Lipinski definition) is 0. The molecule has 0 fully saturated rings. The van der Waals surface area contributed by atoms with Gasteiger partial charge in [0.2, 0.25) is 0 Å². The molecule has 0 amide bonds. The zero-order valence-electron chi connectivity index (χ0n) is 13.0. The van der Waals surface area contributed by atoms with Gasteiger partial charge in [0.25, 0.3) is 0 Å². The molecule has 0 spiro atoms. The van der Waals surface area contributed by atoms with Gasteiger partial charge >= 0.3 is 11.7 Å². The molecule has 0 bridgehead atoms. The van der Waals surface area contributed by atoms with Crippen LogP contribution in [0.5, 0.6) is 5.75 Å². The molecule has 0 aliphatic heterocycles. The van der Waals surface area contributed by atoms with Crippen molar-refractivity contribution >= 4 is 11.7 Å². The monoisotopic (exact) mass is 307 g/mol. The Balaban J connectivity index is 2.34. The second kappa shape index (κ2) is 7.24. The molecule has 6 nitrogen and oxygen atoms in total. The summed E-state index contributed by atoms with van der Waals surface area (Å²) in [5.74, 6) is -0.331. The number of ether oxygens (including phenoxy) is 2. The molecule has 2 rings (SSSR count). The van der Waals surface area contributed by atoms with E-state index >= 15 is 0 Å². The molecule has 1 atom stereocenters. The van der Waals surface area contributed by atoms with Crippen LogP contribution in [0.4, 0.5) is 5.69 Å². The maximum Gasteiger partial charge on any atom is 0.347 e. The molecule has 1 aliphatic carbocycles. The summed E-state index contributed by atoms with van der Waals surface area (Å²) in [6.45, 7) is 3.75. The number of nitro groups is 1. The molecule has 0 saturated carbocycles. The first kappa shape index (κ1) is 16.3. The number of hydrogen-bond acceptors (Lipinski definition) is 5. The Kier molecular flexibility index (Phi) is 5.35. The van der Waals surface area contributed by atoms with Gasteiger partial charge in [-0.3, -0.25) is 10.1 Å². The first-order chi connectivity index (χ1) is 10.6. The molecule has 0 radical (unpaired) electrons. The van der Waals surface area contributed by atoms with Crippen molar-refractivity contribution in [3.63, 3.8) is 0 Å². The fourth-order valence-electron chi connectivity index (χ4n) is 2.77. The van der Waals surface area contributed by atoms with E-state index < -0.39 is 17.0 Å². The molecule has 1 aromatic rings. The quantitative estimate of drug-likeness (QED) is 0.458. The van der Waals surface area contributed by atoms with E-state index in [0.29, 0.717) is 12.8 Å². The lowest BCUT2D eigenvalue weighted by molar-refractivity contribution is -0.386. The van der Waals surface area contributed by atoms with E-state index in [1.807, 2.05) is 6.07 Å². The van der Waals surface area contributed by atoms with Crippen molar-refractivity contribution in [2.75, 3.05) is 6.61 Å². The average molecular weight is 307 g/mol. The van der Waals surface area contributed by atoms with Crippen LogP contribution >= 0.6 is 0 Å². The molecule has 1 aliphatic rings. The Hall–Kier alpha value is -2.11. The van der Waals surface area contributed by atoms with Gasteiger partial charge in [-0.25, -0.2) is 4.79 Å². The number of nitrogens with zero attached hydrogens (tertiary/aromatic N) is 1. The van der Waals surface area contributed by atoms with Crippen LogP contribution in [0.1, 0.15) is 44.2 Å². The van der Waals surface area contributed by atoms with Gasteiger partial charge in [-0.1, -0.05) is 13.0 Å². The van der Waals surface area contributed by atoms with E-state index in [-0.39, 0.29) is 18.0 Å². The van der Waals surface area contributed by atoms with Crippen molar-refractivity contribution in [1.29, 1.82) is 0 Å². The third-order valence-corrected chi connectivity index (χ3v) is 3.84. The number of carbonyl (C=O) groups is 1. The highest BCUT2D eigenvalue weighted by molar-refractivity contribution is 5.75. The van der Waals surface area contributed by atoms with E-state index in [0.717, 1.165) is 30.4 Å². The molecule has 0 saturated heterocycles. The molecular weight excluding hydrogens is 286 g/mol. The first-order valence-electron chi connectivity index (χ1n) is 7.70. The van der Waals surface area contributed by atoms with Crippen LogP contribution in [0.15, 0.2) is 12.1 Å². The third kappa shape index (κ3) is 3.37. The van der Waals surface area contributed by atoms with E-state index in [4.69, 9.17) is 9.47 Å². The van der Waals surface area contributed by atoms with E-state index in [2.05, 4.69) is 0 Å². The van der Waals surface area contributed by atoms with Crippen molar-refractivity contribution in [1.82, 2.24) is 0 Å². The highest BCUT2D eigenvalue weighted by Crippen LogP contribution is 2.37. The summed E-state index contributed by atoms with van der Waals surface area (Å²) in [6, 6.07) is 3.47. The highest BCUT2D eigenvalue weighted by Gasteiger charge is 2.29. The second-order valence-electron chi connectivity index (χ2n) is 5.28. The molecule has 120 valence electrons. The predicted molar refractivity (Wildman–Crippen MR) is 81.1 cm³/mol. The second-order valence-corrected chi connectivity index (χ2v) is 5.28. The van der Waals surface area contributed by atoms with Crippen LogP contribution in [-0.2, 0) is 22.4 Å². The van der Waals surface area contributed by atoms with Crippen molar-refractivity contribution in [2.24, 2.45) is 0 Å². The maximum atomic E-state index is 11.8. The van der Waals surface area contributed by atoms with Crippen LogP contribution < -0.4 is 4.74 Å². The molecule has 0 aromatic heterocycles. The molecule has 0 heterocycles. The molecule has 0 N–H and O–H groups in total. The highest BCUT2D eigenvalue weighted by atomic mass is 16.6. The third-order valence-electron chi connectivity index (χ3n) is 3.84. The number of esters is 1. The standard InChI is InChI=1S/C16H21NO5/c1-3-13(16(18)21-4-2)22-14-10-9-11-7-5-6-8-12(11)15(14)17(19)20/h9-10,13H,3-8H2,1-2H3. The molecular formula is C16H21NO5. The van der Waals surface area contributed by atoms with E-state index in [1.165, 1.54) is 0 Å². The zero-order chi connectivity index (χ0) is 16.1. The fourth-order valence-corrected chi connectivity index (χ4v) is 2.77. The average Bonchev–Trinajstić information content (AvgIpc) is 2.51. The number of nitro benzene ring substituents is 1. The van der Waals surface area contributed by atoms with Gasteiger partial charge in [0.1, 0.15) is 0 Å². The minimum absolute atomic E-state index is 0.0000477. The van der Waals surface area contributed by atoms with E-state index in [1.54, 1.807) is 19.9 Å². The Bertz CT molecular complexity index is 570. The number of fused-ring (bicyclic) bond motifs is 1. The summed E-state index contributed by atoms with van der Waals surface area (Å²) in [6.07, 6.45) is 3.09. The summed E-state index contributed by atoms with van der Waals surface area (Å²) in [4.78, 5) is 22.9. The van der Waals surface area contributed by atoms with Gasteiger partial charge in [-0.15, -0.1) is 0 Å². The summed E-state index contributed by atoms with van der Waals surface area (Å²) in [5, 5.41) is 11.5. The van der Waals surface area contributed by atoms with Gasteiger partial charge in [0, 0.05) is 5.56 Å². The molecule has 1 aromatic carbocycles. The number of benzene rings is 1. The van der Waals surface area contributed by atoms with Gasteiger partial charge in [0.15, 0.2) is 11.9 Å². The van der Waals surface area contributed by atoms with Gasteiger partial charge < -0.3 is 9.47 Å². The Labute approximate surface area is 129 Å². The van der Waals surface area contributed by atoms with Crippen LogP contribution in [0.2, 0.25) is 0 Å². The smallest absolute Gasteiger partial charge is 0.347 e. The minimum atomic E-state index is -0.819. The topological polar surface area (TPSA) is 78.7 Å².